The quantitative estimate of drug-likeness (QED) is 0.509. The Bertz CT molecular complexity index is 1040. The van der Waals surface area contributed by atoms with Crippen LogP contribution >= 0.6 is 11.6 Å². The zero-order chi connectivity index (χ0) is 18.1. The minimum Gasteiger partial charge on any atom is -0.331 e. The maximum Gasteiger partial charge on any atom is 0.144 e. The van der Waals surface area contributed by atoms with Crippen molar-refractivity contribution in [2.45, 2.75) is 20.4 Å². The highest BCUT2D eigenvalue weighted by Gasteiger charge is 2.11. The van der Waals surface area contributed by atoms with Gasteiger partial charge < -0.3 is 4.57 Å². The van der Waals surface area contributed by atoms with E-state index in [9.17, 15) is 0 Å². The number of aryl methyl sites for hydroxylation is 2. The van der Waals surface area contributed by atoms with E-state index in [1.807, 2.05) is 31.6 Å². The number of aromatic nitrogens is 4. The van der Waals surface area contributed by atoms with E-state index in [1.165, 1.54) is 5.56 Å². The SMILES string of the molecule is Cc1ccc(-n2ccnc2-c2ccc(Cn3ccnc3C)c(Cl)c2)cc1. The molecule has 0 amide bonds. The Labute approximate surface area is 157 Å². The van der Waals surface area contributed by atoms with Gasteiger partial charge >= 0.3 is 0 Å². The van der Waals surface area contributed by atoms with Gasteiger partial charge in [0, 0.05) is 41.1 Å². The van der Waals surface area contributed by atoms with E-state index in [-0.39, 0.29) is 0 Å². The Hall–Kier alpha value is -2.85. The highest BCUT2D eigenvalue weighted by atomic mass is 35.5. The van der Waals surface area contributed by atoms with Crippen LogP contribution in [-0.4, -0.2) is 19.1 Å². The average Bonchev–Trinajstić information content (AvgIpc) is 3.27. The van der Waals surface area contributed by atoms with Crippen molar-refractivity contribution >= 4 is 11.6 Å². The molecule has 4 nitrogen and oxygen atoms in total. The summed E-state index contributed by atoms with van der Waals surface area (Å²) in [6.45, 7) is 4.77. The zero-order valence-electron chi connectivity index (χ0n) is 14.7. The Morgan fingerprint density at radius 2 is 1.69 bits per heavy atom. The summed E-state index contributed by atoms with van der Waals surface area (Å²) in [5.74, 6) is 1.85. The first kappa shape index (κ1) is 16.6. The molecule has 5 heteroatoms. The van der Waals surface area contributed by atoms with Crippen molar-refractivity contribution in [2.75, 3.05) is 0 Å². The fourth-order valence-corrected chi connectivity index (χ4v) is 3.24. The van der Waals surface area contributed by atoms with Gasteiger partial charge in [0.15, 0.2) is 0 Å². The molecular formula is C21H19ClN4. The second-order valence-electron chi connectivity index (χ2n) is 6.36. The van der Waals surface area contributed by atoms with Crippen LogP contribution in [0.1, 0.15) is 17.0 Å². The smallest absolute Gasteiger partial charge is 0.144 e. The van der Waals surface area contributed by atoms with Gasteiger partial charge in [0.05, 0.1) is 6.54 Å². The summed E-state index contributed by atoms with van der Waals surface area (Å²) in [6, 6.07) is 14.5. The third-order valence-electron chi connectivity index (χ3n) is 4.53. The van der Waals surface area contributed by atoms with Crippen LogP contribution in [0.2, 0.25) is 5.02 Å². The van der Waals surface area contributed by atoms with Crippen molar-refractivity contribution in [3.8, 4) is 17.1 Å². The van der Waals surface area contributed by atoms with E-state index in [2.05, 4.69) is 62.4 Å². The van der Waals surface area contributed by atoms with Crippen molar-refractivity contribution in [1.29, 1.82) is 0 Å². The van der Waals surface area contributed by atoms with Gasteiger partial charge in [-0.3, -0.25) is 4.57 Å². The number of hydrogen-bond donors (Lipinski definition) is 0. The molecule has 2 heterocycles. The van der Waals surface area contributed by atoms with E-state index >= 15 is 0 Å². The summed E-state index contributed by atoms with van der Waals surface area (Å²) in [7, 11) is 0. The van der Waals surface area contributed by atoms with Crippen LogP contribution in [0.4, 0.5) is 0 Å². The molecule has 4 rings (SSSR count). The second-order valence-corrected chi connectivity index (χ2v) is 6.77. The van der Waals surface area contributed by atoms with Crippen molar-refractivity contribution in [1.82, 2.24) is 19.1 Å². The molecule has 0 bridgehead atoms. The highest BCUT2D eigenvalue weighted by molar-refractivity contribution is 6.31. The number of hydrogen-bond acceptors (Lipinski definition) is 2. The normalized spacial score (nSPS) is 11.0. The van der Waals surface area contributed by atoms with Gasteiger partial charge in [0.1, 0.15) is 11.6 Å². The maximum absolute atomic E-state index is 6.56. The molecule has 0 spiro atoms. The van der Waals surface area contributed by atoms with Gasteiger partial charge in [-0.1, -0.05) is 41.4 Å². The molecule has 2 aromatic carbocycles. The molecule has 0 radical (unpaired) electrons. The molecule has 0 saturated heterocycles. The van der Waals surface area contributed by atoms with Crippen molar-refractivity contribution < 1.29 is 0 Å². The molecular weight excluding hydrogens is 344 g/mol. The van der Waals surface area contributed by atoms with Crippen LogP contribution in [-0.2, 0) is 6.54 Å². The second kappa shape index (κ2) is 6.81. The predicted octanol–water partition coefficient (Wildman–Crippen LogP) is 5.05. The summed E-state index contributed by atoms with van der Waals surface area (Å²) >= 11 is 6.56. The molecule has 0 N–H and O–H groups in total. The molecule has 4 aromatic rings. The first-order valence-electron chi connectivity index (χ1n) is 8.49. The summed E-state index contributed by atoms with van der Waals surface area (Å²) < 4.78 is 4.15. The Morgan fingerprint density at radius 1 is 0.923 bits per heavy atom. The van der Waals surface area contributed by atoms with E-state index in [0.717, 1.165) is 33.5 Å². The zero-order valence-corrected chi connectivity index (χ0v) is 15.5. The molecule has 130 valence electrons. The van der Waals surface area contributed by atoms with Crippen molar-refractivity contribution in [2.24, 2.45) is 0 Å². The topological polar surface area (TPSA) is 35.6 Å². The van der Waals surface area contributed by atoms with Crippen molar-refractivity contribution in [3.05, 3.63) is 89.2 Å². The molecule has 0 atom stereocenters. The van der Waals surface area contributed by atoms with Gasteiger partial charge in [0.2, 0.25) is 0 Å². The molecule has 2 aromatic heterocycles. The molecule has 0 fully saturated rings. The van der Waals surface area contributed by atoms with Crippen LogP contribution in [0, 0.1) is 13.8 Å². The number of rotatable bonds is 4. The van der Waals surface area contributed by atoms with E-state index in [1.54, 1.807) is 6.20 Å². The molecule has 0 unspecified atom stereocenters. The van der Waals surface area contributed by atoms with Crippen LogP contribution in [0.15, 0.2) is 67.3 Å². The maximum atomic E-state index is 6.56. The number of imidazole rings is 2. The lowest BCUT2D eigenvalue weighted by molar-refractivity contribution is 0.762. The number of nitrogens with zero attached hydrogens (tertiary/aromatic N) is 4. The molecule has 0 aliphatic heterocycles. The Morgan fingerprint density at radius 3 is 2.38 bits per heavy atom. The van der Waals surface area contributed by atoms with Gasteiger partial charge in [-0.15, -0.1) is 0 Å². The van der Waals surface area contributed by atoms with E-state index in [4.69, 9.17) is 11.6 Å². The number of halogens is 1. The van der Waals surface area contributed by atoms with Crippen LogP contribution < -0.4 is 0 Å². The van der Waals surface area contributed by atoms with Gasteiger partial charge in [-0.05, 0) is 37.6 Å². The van der Waals surface area contributed by atoms with Crippen LogP contribution in [0.5, 0.6) is 0 Å². The summed E-state index contributed by atoms with van der Waals surface area (Å²) in [6.07, 6.45) is 7.54. The van der Waals surface area contributed by atoms with Crippen molar-refractivity contribution in [3.63, 3.8) is 0 Å². The Balaban J connectivity index is 1.67. The Kier molecular flexibility index (Phi) is 4.35. The lowest BCUT2D eigenvalue weighted by atomic mass is 10.1. The fourth-order valence-electron chi connectivity index (χ4n) is 3.00. The molecule has 0 saturated carbocycles. The molecule has 0 aliphatic rings. The summed E-state index contributed by atoms with van der Waals surface area (Å²) in [5.41, 5.74) is 4.37. The monoisotopic (exact) mass is 362 g/mol. The minimum absolute atomic E-state index is 0.706. The molecule has 0 aliphatic carbocycles. The van der Waals surface area contributed by atoms with Crippen LogP contribution in [0.3, 0.4) is 0 Å². The summed E-state index contributed by atoms with van der Waals surface area (Å²) in [4.78, 5) is 8.79. The number of benzene rings is 2. The third-order valence-corrected chi connectivity index (χ3v) is 4.88. The minimum atomic E-state index is 0.706. The standard InChI is InChI=1S/C21H19ClN4/c1-15-3-7-19(8-4-15)26-12-10-24-21(26)17-5-6-18(20(22)13-17)14-25-11-9-23-16(25)2/h3-13H,14H2,1-2H3. The lowest BCUT2D eigenvalue weighted by Gasteiger charge is -2.11. The fraction of sp³-hybridized carbons (Fsp3) is 0.143. The van der Waals surface area contributed by atoms with E-state index < -0.39 is 0 Å². The highest BCUT2D eigenvalue weighted by Crippen LogP contribution is 2.27. The van der Waals surface area contributed by atoms with Crippen LogP contribution in [0.25, 0.3) is 17.1 Å². The first-order chi connectivity index (χ1) is 12.6. The third kappa shape index (κ3) is 3.16. The van der Waals surface area contributed by atoms with Gasteiger partial charge in [0.25, 0.3) is 0 Å². The first-order valence-corrected chi connectivity index (χ1v) is 8.86. The predicted molar refractivity (Wildman–Crippen MR) is 105 cm³/mol. The molecule has 26 heavy (non-hydrogen) atoms. The summed E-state index contributed by atoms with van der Waals surface area (Å²) in [5, 5.41) is 0.731. The largest absolute Gasteiger partial charge is 0.331 e. The van der Waals surface area contributed by atoms with Gasteiger partial charge in [-0.2, -0.15) is 0 Å². The average molecular weight is 363 g/mol. The van der Waals surface area contributed by atoms with E-state index in [0.29, 0.717) is 6.54 Å². The van der Waals surface area contributed by atoms with Gasteiger partial charge in [-0.25, -0.2) is 9.97 Å². The lowest BCUT2D eigenvalue weighted by Crippen LogP contribution is -2.02.